The minimum Gasteiger partial charge on any atom is -0.550 e. The first-order valence-corrected chi connectivity index (χ1v) is 31.6. The smallest absolute Gasteiger partial charge is 0.550 e. The fourth-order valence-corrected chi connectivity index (χ4v) is 11.6. The third-order valence-corrected chi connectivity index (χ3v) is 16.1. The Balaban J connectivity index is 0.00000114. The summed E-state index contributed by atoms with van der Waals surface area (Å²) in [6, 6.07) is 0.552. The molecule has 0 aromatic heterocycles. The minimum atomic E-state index is -0.903. The molecule has 0 aromatic carbocycles. The molecule has 0 aliphatic heterocycles. The van der Waals surface area contributed by atoms with Crippen LogP contribution in [0.1, 0.15) is 330 Å². The Kier molecular flexibility index (Phi) is 49.1. The van der Waals surface area contributed by atoms with E-state index in [0.29, 0.717) is 17.8 Å². The van der Waals surface area contributed by atoms with E-state index in [0.717, 1.165) is 83.5 Å². The van der Waals surface area contributed by atoms with Crippen LogP contribution in [0.3, 0.4) is 0 Å². The molecule has 3 N–H and O–H groups in total. The van der Waals surface area contributed by atoms with Crippen molar-refractivity contribution in [2.45, 2.75) is 348 Å². The molecule has 0 aromatic rings. The number of aliphatic carboxylic acids is 2. The maximum Gasteiger partial charge on any atom is 2.00 e. The largest absolute Gasteiger partial charge is 2.00 e. The third kappa shape index (κ3) is 45.0. The molecule has 6 atom stereocenters. The first-order valence-electron chi connectivity index (χ1n) is 31.6. The van der Waals surface area contributed by atoms with Gasteiger partial charge in [-0.1, -0.05) is 253 Å². The predicted octanol–water partition coefficient (Wildman–Crippen LogP) is 14.5. The van der Waals surface area contributed by atoms with Crippen molar-refractivity contribution in [3.05, 3.63) is 0 Å². The van der Waals surface area contributed by atoms with E-state index < -0.39 is 17.9 Å². The van der Waals surface area contributed by atoms with Gasteiger partial charge in [0.25, 0.3) is 0 Å². The Bertz CT molecular complexity index is 1290. The summed E-state index contributed by atoms with van der Waals surface area (Å²) in [6.45, 7) is 11.2. The summed E-state index contributed by atoms with van der Waals surface area (Å²) in [7, 11) is 0. The van der Waals surface area contributed by atoms with E-state index in [-0.39, 0.29) is 81.0 Å². The van der Waals surface area contributed by atoms with Crippen molar-refractivity contribution in [2.75, 3.05) is 0 Å². The molecule has 11 heteroatoms. The molecule has 3 aliphatic rings. The fraction of sp³-hybridized carbons (Fsp3) is 0.921. The summed E-state index contributed by atoms with van der Waals surface area (Å²) >= 11 is 0. The van der Waals surface area contributed by atoms with E-state index in [9.17, 15) is 34.2 Å². The van der Waals surface area contributed by atoms with E-state index in [2.05, 4.69) is 50.6 Å². The fourth-order valence-electron chi connectivity index (χ4n) is 11.6. The van der Waals surface area contributed by atoms with Crippen LogP contribution >= 0.6 is 0 Å². The van der Waals surface area contributed by atoms with Crippen LogP contribution in [0.15, 0.2) is 0 Å². The first-order chi connectivity index (χ1) is 35.3. The number of rotatable bonds is 40. The molecular formula is C63H117N3O7Zn. The van der Waals surface area contributed by atoms with Gasteiger partial charge in [0.2, 0.25) is 17.7 Å². The maximum atomic E-state index is 13.2. The van der Waals surface area contributed by atoms with Crippen LogP contribution in [-0.4, -0.2) is 47.8 Å². The topological polar surface area (TPSA) is 168 Å². The molecule has 3 aliphatic carbocycles. The van der Waals surface area contributed by atoms with Crippen LogP contribution in [0.5, 0.6) is 0 Å². The van der Waals surface area contributed by atoms with Crippen molar-refractivity contribution in [3.63, 3.8) is 0 Å². The first kappa shape index (κ1) is 72.0. The van der Waals surface area contributed by atoms with Crippen LogP contribution < -0.4 is 26.2 Å². The van der Waals surface area contributed by atoms with E-state index in [4.69, 9.17) is 0 Å². The number of carboxylic acids is 2. The SMILES string of the molecule is CC1CCCC(NC(=O)CC(CC(=O)NC2CCCC(C)C2)C(=O)NC2CCCC(C)C2)C1.CCCCCCCCCCCCCCCCCC(=O)[O-].CCCCCCCCCCCCCCCCCC(=O)[O-].[Zn+2]. The van der Waals surface area contributed by atoms with E-state index in [1.54, 1.807) is 0 Å². The average molecular weight is 1090 g/mol. The average Bonchev–Trinajstić information content (AvgIpc) is 3.34. The van der Waals surface area contributed by atoms with Gasteiger partial charge >= 0.3 is 19.5 Å². The molecule has 3 rings (SSSR count). The molecule has 3 saturated carbocycles. The molecule has 0 bridgehead atoms. The zero-order chi connectivity index (χ0) is 53.6. The Morgan fingerprint density at radius 2 is 0.622 bits per heavy atom. The van der Waals surface area contributed by atoms with Gasteiger partial charge < -0.3 is 35.8 Å². The number of carbonyl (C=O) groups is 5. The number of hydrogen-bond donors (Lipinski definition) is 3. The van der Waals surface area contributed by atoms with Crippen molar-refractivity contribution >= 4 is 29.7 Å². The Hall–Kier alpha value is -2.03. The van der Waals surface area contributed by atoms with E-state index in [1.807, 2.05) is 0 Å². The van der Waals surface area contributed by atoms with Crippen molar-refractivity contribution in [3.8, 4) is 0 Å². The quantitative estimate of drug-likeness (QED) is 0.0405. The van der Waals surface area contributed by atoms with Crippen LogP contribution in [0.4, 0.5) is 0 Å². The minimum absolute atomic E-state index is 0. The second-order valence-corrected chi connectivity index (χ2v) is 23.8. The van der Waals surface area contributed by atoms with Gasteiger partial charge in [0.15, 0.2) is 0 Å². The Morgan fingerprint density at radius 1 is 0.378 bits per heavy atom. The zero-order valence-corrected chi connectivity index (χ0v) is 52.1. The monoisotopic (exact) mass is 1090 g/mol. The van der Waals surface area contributed by atoms with Gasteiger partial charge in [0, 0.05) is 42.9 Å². The number of carbonyl (C=O) groups excluding carboxylic acids is 5. The molecule has 0 saturated heterocycles. The molecule has 0 heterocycles. The molecule has 0 radical (unpaired) electrons. The summed E-state index contributed by atoms with van der Waals surface area (Å²) in [4.78, 5) is 59.4. The molecule has 3 amide bonds. The summed E-state index contributed by atoms with van der Waals surface area (Å²) in [5, 5.41) is 29.9. The number of hydrogen-bond acceptors (Lipinski definition) is 7. The van der Waals surface area contributed by atoms with Crippen LogP contribution in [-0.2, 0) is 43.5 Å². The number of unbranched alkanes of at least 4 members (excludes halogenated alkanes) is 28. The molecular weight excluding hydrogens is 976 g/mol. The van der Waals surface area contributed by atoms with Crippen molar-refractivity contribution in [1.29, 1.82) is 0 Å². The summed E-state index contributed by atoms with van der Waals surface area (Å²) in [6.07, 6.45) is 52.9. The number of nitrogens with one attached hydrogen (secondary N) is 3. The molecule has 6 unspecified atom stereocenters. The molecule has 428 valence electrons. The Labute approximate surface area is 468 Å². The van der Waals surface area contributed by atoms with Gasteiger partial charge in [-0.25, -0.2) is 0 Å². The van der Waals surface area contributed by atoms with Gasteiger partial charge in [-0.2, -0.15) is 0 Å². The zero-order valence-electron chi connectivity index (χ0n) is 49.1. The molecule has 10 nitrogen and oxygen atoms in total. The third-order valence-electron chi connectivity index (χ3n) is 16.1. The summed E-state index contributed by atoms with van der Waals surface area (Å²) in [5.41, 5.74) is 0. The van der Waals surface area contributed by atoms with Crippen molar-refractivity contribution < 1.29 is 53.7 Å². The molecule has 3 fully saturated rings. The van der Waals surface area contributed by atoms with Crippen molar-refractivity contribution in [1.82, 2.24) is 16.0 Å². The van der Waals surface area contributed by atoms with Gasteiger partial charge in [-0.15, -0.1) is 0 Å². The van der Waals surface area contributed by atoms with Gasteiger partial charge in [-0.3, -0.25) is 14.4 Å². The number of amides is 3. The van der Waals surface area contributed by atoms with E-state index in [1.165, 1.54) is 186 Å². The standard InChI is InChI=1S/C27H47N3O3.2C18H36O2.Zn/c1-18-7-4-10-22(13-18)28-25(31)16-21(27(33)30-24-12-6-9-20(3)15-24)17-26(32)29-23-11-5-8-19(2)14-23;2*1-2-3-4-5-6-7-8-9-10-11-12-13-14-15-16-17-18(19)20;/h18-24H,4-17H2,1-3H3,(H,28,31)(H,29,32)(H,30,33);2*2-17H2,1H3,(H,19,20);/q;;;+2/p-2. The van der Waals surface area contributed by atoms with Gasteiger partial charge in [0.1, 0.15) is 0 Å². The summed E-state index contributed by atoms with van der Waals surface area (Å²) < 4.78 is 0. The van der Waals surface area contributed by atoms with Crippen LogP contribution in [0.25, 0.3) is 0 Å². The second kappa shape index (κ2) is 50.5. The molecule has 74 heavy (non-hydrogen) atoms. The van der Waals surface area contributed by atoms with Crippen LogP contribution in [0.2, 0.25) is 0 Å². The molecule has 0 spiro atoms. The van der Waals surface area contributed by atoms with Gasteiger partial charge in [0.05, 0.1) is 5.92 Å². The van der Waals surface area contributed by atoms with Gasteiger partial charge in [-0.05, 0) is 82.0 Å². The van der Waals surface area contributed by atoms with Crippen LogP contribution in [0, 0.1) is 23.7 Å². The predicted molar refractivity (Wildman–Crippen MR) is 301 cm³/mol. The number of carboxylic acid groups (broad SMARTS) is 2. The summed E-state index contributed by atoms with van der Waals surface area (Å²) in [5.74, 6) is -0.872. The van der Waals surface area contributed by atoms with Crippen molar-refractivity contribution in [2.24, 2.45) is 23.7 Å². The van der Waals surface area contributed by atoms with E-state index >= 15 is 0 Å². The normalized spacial score (nSPS) is 20.8. The second-order valence-electron chi connectivity index (χ2n) is 23.8. The maximum absolute atomic E-state index is 13.2. The Morgan fingerprint density at radius 3 is 0.865 bits per heavy atom.